The van der Waals surface area contributed by atoms with E-state index in [4.69, 9.17) is 38.9 Å². The summed E-state index contributed by atoms with van der Waals surface area (Å²) >= 11 is 0. The summed E-state index contributed by atoms with van der Waals surface area (Å²) in [5.74, 6) is -6.61. The van der Waals surface area contributed by atoms with Gasteiger partial charge in [-0.3, -0.25) is 29.0 Å². The maximum absolute atomic E-state index is 12.8. The van der Waals surface area contributed by atoms with E-state index in [0.29, 0.717) is 0 Å². The second-order valence-electron chi connectivity index (χ2n) is 7.10. The molecule has 34 heavy (non-hydrogen) atoms. The van der Waals surface area contributed by atoms with Gasteiger partial charge < -0.3 is 54.8 Å². The number of carbonyl (C=O) groups excluding carboxylic acids is 5. The molecule has 0 saturated heterocycles. The van der Waals surface area contributed by atoms with Crippen LogP contribution in [-0.2, 0) is 28.8 Å². The summed E-state index contributed by atoms with van der Waals surface area (Å²) in [6, 6.07) is -6.02. The zero-order valence-electron chi connectivity index (χ0n) is 18.2. The molecule has 0 bridgehead atoms. The summed E-state index contributed by atoms with van der Waals surface area (Å²) in [5, 5.41) is 24.5. The zero-order chi connectivity index (χ0) is 26.4. The van der Waals surface area contributed by atoms with Crippen LogP contribution < -0.4 is 44.6 Å². The van der Waals surface area contributed by atoms with Crippen LogP contribution in [0.25, 0.3) is 0 Å². The van der Waals surface area contributed by atoms with Gasteiger partial charge in [-0.05, 0) is 12.8 Å². The minimum absolute atomic E-state index is 0.0586. The Morgan fingerprint density at radius 3 is 1.74 bits per heavy atom. The second-order valence-corrected chi connectivity index (χ2v) is 7.10. The van der Waals surface area contributed by atoms with E-state index in [0.717, 1.165) is 0 Å². The van der Waals surface area contributed by atoms with Gasteiger partial charge in [-0.2, -0.15) is 0 Å². The number of aliphatic carboxylic acids is 1. The van der Waals surface area contributed by atoms with E-state index >= 15 is 0 Å². The number of nitrogens with two attached hydrogens (primary N) is 5. The van der Waals surface area contributed by atoms with Gasteiger partial charge in [0, 0.05) is 6.54 Å². The van der Waals surface area contributed by atoms with E-state index in [2.05, 4.69) is 15.6 Å². The van der Waals surface area contributed by atoms with Crippen LogP contribution in [0.4, 0.5) is 0 Å². The number of amides is 5. The number of hydrogen-bond acceptors (Lipinski definition) is 9. The Morgan fingerprint density at radius 2 is 1.26 bits per heavy atom. The number of aliphatic hydroxyl groups is 1. The lowest BCUT2D eigenvalue weighted by atomic mass is 10.1. The van der Waals surface area contributed by atoms with Gasteiger partial charge in [0.2, 0.25) is 29.5 Å². The van der Waals surface area contributed by atoms with Crippen LogP contribution in [0, 0.1) is 0 Å². The number of aliphatic hydroxyl groups excluding tert-OH is 1. The summed E-state index contributed by atoms with van der Waals surface area (Å²) in [4.78, 5) is 74.5. The number of hydrogen-bond donors (Lipinski definition) is 10. The Morgan fingerprint density at radius 1 is 0.765 bits per heavy atom. The molecular weight excluding hydrogens is 458 g/mol. The minimum Gasteiger partial charge on any atom is -0.480 e. The largest absolute Gasteiger partial charge is 0.480 e. The third kappa shape index (κ3) is 12.2. The molecule has 5 amide bonds. The molecule has 0 heterocycles. The number of primary amides is 2. The standard InChI is InChI=1S/C17H31N9O8/c18-7(4-11(19)28)13(30)24-8(2-1-3-23-17(21)22)14(31)25-9(5-12(20)29)15(32)26-10(6-27)16(33)34/h7-10,27H,1-6,18H2,(H2,19,28)(H2,20,29)(H,24,30)(H,25,31)(H,26,32)(H,33,34)(H4,21,22,23). The molecule has 0 saturated carbocycles. The van der Waals surface area contributed by atoms with E-state index in [-0.39, 0.29) is 25.3 Å². The van der Waals surface area contributed by atoms with Crippen LogP contribution in [0.2, 0.25) is 0 Å². The van der Waals surface area contributed by atoms with Gasteiger partial charge in [-0.15, -0.1) is 0 Å². The highest BCUT2D eigenvalue weighted by atomic mass is 16.4. The van der Waals surface area contributed by atoms with Crippen molar-refractivity contribution in [3.05, 3.63) is 0 Å². The zero-order valence-corrected chi connectivity index (χ0v) is 18.2. The number of nitrogens with one attached hydrogen (secondary N) is 3. The first kappa shape index (κ1) is 30.0. The molecule has 0 rings (SSSR count). The van der Waals surface area contributed by atoms with E-state index in [9.17, 15) is 28.8 Å². The Hall–Kier alpha value is -3.99. The van der Waals surface area contributed by atoms with E-state index in [1.165, 1.54) is 0 Å². The molecule has 17 nitrogen and oxygen atoms in total. The molecule has 0 spiro atoms. The Labute approximate surface area is 193 Å². The highest BCUT2D eigenvalue weighted by Gasteiger charge is 2.31. The van der Waals surface area contributed by atoms with Gasteiger partial charge >= 0.3 is 5.97 Å². The van der Waals surface area contributed by atoms with Gasteiger partial charge in [-0.25, -0.2) is 4.79 Å². The van der Waals surface area contributed by atoms with Crippen molar-refractivity contribution in [1.29, 1.82) is 0 Å². The van der Waals surface area contributed by atoms with Crippen LogP contribution in [0.5, 0.6) is 0 Å². The third-order valence-corrected chi connectivity index (χ3v) is 4.17. The summed E-state index contributed by atoms with van der Waals surface area (Å²) in [6.07, 6.45) is -1.10. The molecule has 0 aliphatic carbocycles. The number of carboxylic acids is 1. The molecule has 0 aliphatic heterocycles. The molecule has 0 aliphatic rings. The molecule has 15 N–H and O–H groups in total. The Kier molecular flexibility index (Phi) is 13.2. The van der Waals surface area contributed by atoms with Crippen LogP contribution >= 0.6 is 0 Å². The lowest BCUT2D eigenvalue weighted by Gasteiger charge is -2.24. The monoisotopic (exact) mass is 489 g/mol. The molecule has 0 aromatic rings. The molecule has 4 atom stereocenters. The van der Waals surface area contributed by atoms with Gasteiger partial charge in [0.25, 0.3) is 0 Å². The third-order valence-electron chi connectivity index (χ3n) is 4.17. The SMILES string of the molecule is NC(=O)CC(N)C(=O)NC(CCCN=C(N)N)C(=O)NC(CC(N)=O)C(=O)NC(CO)C(=O)O. The predicted octanol–water partition coefficient (Wildman–Crippen LogP) is -6.35. The van der Waals surface area contributed by atoms with E-state index in [1.54, 1.807) is 0 Å². The lowest BCUT2D eigenvalue weighted by Crippen LogP contribution is -2.58. The summed E-state index contributed by atoms with van der Waals surface area (Å²) in [7, 11) is 0. The molecule has 0 aromatic carbocycles. The first-order chi connectivity index (χ1) is 15.8. The number of rotatable bonds is 16. The van der Waals surface area contributed by atoms with Crippen LogP contribution in [-0.4, -0.2) is 89.0 Å². The number of nitrogens with zero attached hydrogens (tertiary/aromatic N) is 1. The maximum atomic E-state index is 12.8. The Bertz CT molecular complexity index is 800. The van der Waals surface area contributed by atoms with E-state index < -0.39 is 79.1 Å². The topological polar surface area (TPSA) is 321 Å². The fourth-order valence-electron chi connectivity index (χ4n) is 2.50. The van der Waals surface area contributed by atoms with Crippen molar-refractivity contribution in [3.8, 4) is 0 Å². The fraction of sp³-hybridized carbons (Fsp3) is 0.588. The average Bonchev–Trinajstić information content (AvgIpc) is 2.71. The Balaban J connectivity index is 5.56. The maximum Gasteiger partial charge on any atom is 0.328 e. The number of carboxylic acid groups (broad SMARTS) is 1. The molecule has 0 aromatic heterocycles. The first-order valence-corrected chi connectivity index (χ1v) is 9.90. The van der Waals surface area contributed by atoms with Crippen molar-refractivity contribution >= 4 is 41.5 Å². The summed E-state index contributed by atoms with van der Waals surface area (Å²) < 4.78 is 0. The van der Waals surface area contributed by atoms with Crippen molar-refractivity contribution < 1.29 is 39.0 Å². The van der Waals surface area contributed by atoms with E-state index in [1.807, 2.05) is 5.32 Å². The normalized spacial score (nSPS) is 13.9. The summed E-state index contributed by atoms with van der Waals surface area (Å²) in [6.45, 7) is -0.878. The van der Waals surface area contributed by atoms with Gasteiger partial charge in [0.05, 0.1) is 25.5 Å². The van der Waals surface area contributed by atoms with Crippen molar-refractivity contribution in [3.63, 3.8) is 0 Å². The molecular formula is C17H31N9O8. The quantitative estimate of drug-likeness (QED) is 0.0551. The molecule has 0 fully saturated rings. The van der Waals surface area contributed by atoms with Crippen LogP contribution in [0.15, 0.2) is 4.99 Å². The smallest absolute Gasteiger partial charge is 0.328 e. The summed E-state index contributed by atoms with van der Waals surface area (Å²) in [5.41, 5.74) is 26.1. The lowest BCUT2D eigenvalue weighted by molar-refractivity contribution is -0.143. The van der Waals surface area contributed by atoms with Crippen molar-refractivity contribution in [2.45, 2.75) is 49.9 Å². The van der Waals surface area contributed by atoms with Crippen molar-refractivity contribution in [2.24, 2.45) is 33.7 Å². The molecule has 17 heteroatoms. The molecule has 4 unspecified atom stereocenters. The van der Waals surface area contributed by atoms with Crippen LogP contribution in [0.1, 0.15) is 25.7 Å². The van der Waals surface area contributed by atoms with Crippen molar-refractivity contribution in [1.82, 2.24) is 16.0 Å². The minimum atomic E-state index is -1.71. The molecule has 192 valence electrons. The highest BCUT2D eigenvalue weighted by Crippen LogP contribution is 2.03. The number of guanidine groups is 1. The van der Waals surface area contributed by atoms with Gasteiger partial charge in [0.1, 0.15) is 18.1 Å². The van der Waals surface area contributed by atoms with Crippen molar-refractivity contribution in [2.75, 3.05) is 13.2 Å². The molecule has 0 radical (unpaired) electrons. The van der Waals surface area contributed by atoms with Gasteiger partial charge in [-0.1, -0.05) is 0 Å². The fourth-order valence-corrected chi connectivity index (χ4v) is 2.50. The number of carbonyl (C=O) groups is 6. The average molecular weight is 489 g/mol. The van der Waals surface area contributed by atoms with Crippen LogP contribution in [0.3, 0.4) is 0 Å². The first-order valence-electron chi connectivity index (χ1n) is 9.90. The number of aliphatic imine (C=N–C) groups is 1. The van der Waals surface area contributed by atoms with Gasteiger partial charge in [0.15, 0.2) is 5.96 Å². The highest BCUT2D eigenvalue weighted by molar-refractivity contribution is 5.96. The second kappa shape index (κ2) is 15.0. The predicted molar refractivity (Wildman–Crippen MR) is 116 cm³/mol.